The first-order valence-electron chi connectivity index (χ1n) is 12.2. The number of nitrogens with one attached hydrogen (secondary N) is 2. The topological polar surface area (TPSA) is 131 Å². The Labute approximate surface area is 221 Å². The van der Waals surface area contributed by atoms with Gasteiger partial charge in [-0.3, -0.25) is 9.05 Å². The van der Waals surface area contributed by atoms with Crippen LogP contribution in [-0.2, 0) is 33.7 Å². The molecule has 0 atom stereocenters. The van der Waals surface area contributed by atoms with E-state index in [1.165, 1.54) is 4.67 Å². The van der Waals surface area contributed by atoms with Crippen molar-refractivity contribution in [2.24, 2.45) is 0 Å². The van der Waals surface area contributed by atoms with Gasteiger partial charge in [-0.05, 0) is 64.8 Å². The van der Waals surface area contributed by atoms with Crippen LogP contribution in [0.5, 0.6) is 0 Å². The van der Waals surface area contributed by atoms with Crippen molar-refractivity contribution in [3.63, 3.8) is 0 Å². The zero-order valence-corrected chi connectivity index (χ0v) is 24.4. The van der Waals surface area contributed by atoms with Crippen LogP contribution in [0.15, 0.2) is 58.3 Å². The van der Waals surface area contributed by atoms with Gasteiger partial charge in [-0.2, -0.15) is 0 Å². The first-order valence-corrected chi connectivity index (χ1v) is 16.7. The summed E-state index contributed by atoms with van der Waals surface area (Å²) >= 11 is 0. The third kappa shape index (κ3) is 9.88. The van der Waals surface area contributed by atoms with E-state index in [2.05, 4.69) is 9.44 Å². The highest BCUT2D eigenvalue weighted by molar-refractivity contribution is 7.89. The molecule has 0 heterocycles. The molecule has 10 nitrogen and oxygen atoms in total. The molecule has 2 rings (SSSR count). The summed E-state index contributed by atoms with van der Waals surface area (Å²) in [6, 6.07) is 13.1. The Morgan fingerprint density at radius 3 is 1.38 bits per heavy atom. The van der Waals surface area contributed by atoms with Crippen molar-refractivity contribution in [3.8, 4) is 0 Å². The van der Waals surface area contributed by atoms with Gasteiger partial charge >= 0.3 is 7.75 Å². The van der Waals surface area contributed by atoms with Crippen LogP contribution in [0.3, 0.4) is 0 Å². The van der Waals surface area contributed by atoms with Crippen molar-refractivity contribution in [2.45, 2.75) is 50.3 Å². The molecule has 0 fully saturated rings. The van der Waals surface area contributed by atoms with Gasteiger partial charge < -0.3 is 0 Å². The van der Waals surface area contributed by atoms with Gasteiger partial charge in [0.1, 0.15) is 0 Å². The number of benzene rings is 2. The van der Waals surface area contributed by atoms with Crippen molar-refractivity contribution in [1.29, 1.82) is 0 Å². The maximum atomic E-state index is 13.4. The van der Waals surface area contributed by atoms with Crippen molar-refractivity contribution < 1.29 is 30.4 Å². The molecule has 0 aliphatic heterocycles. The molecule has 0 unspecified atom stereocenters. The van der Waals surface area contributed by atoms with E-state index in [0.717, 1.165) is 11.1 Å². The van der Waals surface area contributed by atoms with Crippen LogP contribution in [0.1, 0.15) is 37.8 Å². The zero-order chi connectivity index (χ0) is 27.5. The summed E-state index contributed by atoms with van der Waals surface area (Å²) in [6.07, 6.45) is 0.675. The molecule has 0 radical (unpaired) electrons. The standard InChI is InChI=1S/C24H38N3O7PS2/c1-5-33-35(28,34-6-2)27(19-7-17-25-36(29,30)23-13-9-21(3)10-14-23)20-8-18-26-37(31,32)24-15-11-22(4)12-16-24/h9-16,25-26H,5-8,17-20H2,1-4H3. The number of sulfonamides is 2. The molecule has 0 spiro atoms. The van der Waals surface area contributed by atoms with Crippen LogP contribution in [0.25, 0.3) is 0 Å². The maximum absolute atomic E-state index is 13.4. The molecule has 2 N–H and O–H groups in total. The number of rotatable bonds is 17. The lowest BCUT2D eigenvalue weighted by molar-refractivity contribution is 0.166. The molecular formula is C24H38N3O7PS2. The summed E-state index contributed by atoms with van der Waals surface area (Å²) in [4.78, 5) is 0.343. The number of hydrogen-bond acceptors (Lipinski definition) is 7. The fourth-order valence-electron chi connectivity index (χ4n) is 3.42. The fraction of sp³-hybridized carbons (Fsp3) is 0.500. The highest BCUT2D eigenvalue weighted by Crippen LogP contribution is 2.51. The maximum Gasteiger partial charge on any atom is 0.408 e. The zero-order valence-electron chi connectivity index (χ0n) is 21.8. The van der Waals surface area contributed by atoms with E-state index in [1.807, 2.05) is 13.8 Å². The Bertz CT molecular complexity index is 1140. The van der Waals surface area contributed by atoms with Crippen molar-refractivity contribution in [2.75, 3.05) is 39.4 Å². The summed E-state index contributed by atoms with van der Waals surface area (Å²) in [5.41, 5.74) is 1.91. The van der Waals surface area contributed by atoms with Gasteiger partial charge in [-0.25, -0.2) is 35.5 Å². The molecule has 0 saturated heterocycles. The highest BCUT2D eigenvalue weighted by Gasteiger charge is 2.32. The predicted molar refractivity (Wildman–Crippen MR) is 144 cm³/mol. The second-order valence-corrected chi connectivity index (χ2v) is 13.9. The molecule has 2 aromatic carbocycles. The summed E-state index contributed by atoms with van der Waals surface area (Å²) in [5, 5.41) is 0. The lowest BCUT2D eigenvalue weighted by atomic mass is 10.2. The average Bonchev–Trinajstić information content (AvgIpc) is 2.83. The minimum atomic E-state index is -3.67. The van der Waals surface area contributed by atoms with Crippen LogP contribution >= 0.6 is 7.75 Å². The largest absolute Gasteiger partial charge is 0.408 e. The monoisotopic (exact) mass is 575 g/mol. The predicted octanol–water partition coefficient (Wildman–Crippen LogP) is 3.82. The molecule has 0 aliphatic carbocycles. The normalized spacial score (nSPS) is 12.8. The molecule has 0 aliphatic rings. The van der Waals surface area contributed by atoms with Crippen LogP contribution in [-0.4, -0.2) is 60.9 Å². The van der Waals surface area contributed by atoms with Gasteiger partial charge in [0.25, 0.3) is 0 Å². The molecule has 13 heteroatoms. The van der Waals surface area contributed by atoms with Gasteiger partial charge in [0.2, 0.25) is 20.0 Å². The second-order valence-electron chi connectivity index (χ2n) is 8.39. The quantitative estimate of drug-likeness (QED) is 0.215. The number of hydrogen-bond donors (Lipinski definition) is 2. The van der Waals surface area contributed by atoms with Gasteiger partial charge in [-0.1, -0.05) is 35.4 Å². The third-order valence-corrected chi connectivity index (χ3v) is 10.6. The minimum Gasteiger partial charge on any atom is -0.297 e. The van der Waals surface area contributed by atoms with Gasteiger partial charge in [0, 0.05) is 26.2 Å². The van der Waals surface area contributed by atoms with E-state index in [9.17, 15) is 21.4 Å². The van der Waals surface area contributed by atoms with Gasteiger partial charge in [0.05, 0.1) is 23.0 Å². The summed E-state index contributed by atoms with van der Waals surface area (Å²) in [5.74, 6) is 0. The summed E-state index contributed by atoms with van der Waals surface area (Å²) in [6.45, 7) is 8.15. The Kier molecular flexibility index (Phi) is 12.4. The first kappa shape index (κ1) is 31.6. The number of nitrogens with zero attached hydrogens (tertiary/aromatic N) is 1. The van der Waals surface area contributed by atoms with Crippen LogP contribution in [0.2, 0.25) is 0 Å². The van der Waals surface area contributed by atoms with E-state index in [4.69, 9.17) is 9.05 Å². The van der Waals surface area contributed by atoms with Crippen molar-refractivity contribution in [3.05, 3.63) is 59.7 Å². The van der Waals surface area contributed by atoms with E-state index in [0.29, 0.717) is 12.8 Å². The number of aryl methyl sites for hydroxylation is 2. The van der Waals surface area contributed by atoms with E-state index in [-0.39, 0.29) is 49.2 Å². The highest BCUT2D eigenvalue weighted by atomic mass is 32.2. The van der Waals surface area contributed by atoms with Gasteiger partial charge in [0.15, 0.2) is 0 Å². The average molecular weight is 576 g/mol. The second kappa shape index (κ2) is 14.5. The van der Waals surface area contributed by atoms with Gasteiger partial charge in [-0.15, -0.1) is 0 Å². The summed E-state index contributed by atoms with van der Waals surface area (Å²) < 4.78 is 81.1. The lowest BCUT2D eigenvalue weighted by Crippen LogP contribution is -2.32. The Hall–Kier alpha value is -1.63. The van der Waals surface area contributed by atoms with E-state index in [1.54, 1.807) is 62.4 Å². The van der Waals surface area contributed by atoms with E-state index < -0.39 is 27.8 Å². The molecule has 0 aromatic heterocycles. The smallest absolute Gasteiger partial charge is 0.297 e. The minimum absolute atomic E-state index is 0.116. The van der Waals surface area contributed by atoms with Crippen LogP contribution < -0.4 is 9.44 Å². The Balaban J connectivity index is 1.98. The van der Waals surface area contributed by atoms with Crippen molar-refractivity contribution in [1.82, 2.24) is 14.1 Å². The molecule has 0 bridgehead atoms. The Morgan fingerprint density at radius 1 is 0.703 bits per heavy atom. The summed E-state index contributed by atoms with van der Waals surface area (Å²) in [7, 11) is -11.0. The molecule has 2 aromatic rings. The first-order chi connectivity index (χ1) is 17.4. The molecular weight excluding hydrogens is 537 g/mol. The molecule has 208 valence electrons. The third-order valence-electron chi connectivity index (χ3n) is 5.36. The molecule has 0 amide bonds. The van der Waals surface area contributed by atoms with Crippen molar-refractivity contribution >= 4 is 27.8 Å². The lowest BCUT2D eigenvalue weighted by Gasteiger charge is -2.29. The molecule has 0 saturated carbocycles. The molecule has 37 heavy (non-hydrogen) atoms. The van der Waals surface area contributed by atoms with Crippen LogP contribution in [0.4, 0.5) is 0 Å². The van der Waals surface area contributed by atoms with E-state index >= 15 is 0 Å². The Morgan fingerprint density at radius 2 is 1.05 bits per heavy atom. The van der Waals surface area contributed by atoms with Crippen LogP contribution in [0, 0.1) is 13.8 Å². The fourth-order valence-corrected chi connectivity index (χ4v) is 7.40. The SMILES string of the molecule is CCOP(=O)(OCC)N(CCCNS(=O)(=O)c1ccc(C)cc1)CCCNS(=O)(=O)c1ccc(C)cc1.